The highest BCUT2D eigenvalue weighted by atomic mass is 14.5. The second kappa shape index (κ2) is 7.95. The highest BCUT2D eigenvalue weighted by molar-refractivity contribution is 5.96. The van der Waals surface area contributed by atoms with Crippen LogP contribution in [0.5, 0.6) is 0 Å². The molecule has 0 saturated carbocycles. The quantitative estimate of drug-likeness (QED) is 0.212. The third kappa shape index (κ3) is 2.80. The van der Waals surface area contributed by atoms with Crippen molar-refractivity contribution in [3.8, 4) is 33.4 Å². The van der Waals surface area contributed by atoms with E-state index in [2.05, 4.69) is 147 Å². The summed E-state index contributed by atoms with van der Waals surface area (Å²) >= 11 is 0. The fourth-order valence-electron chi connectivity index (χ4n) is 8.45. The summed E-state index contributed by atoms with van der Waals surface area (Å²) in [6.45, 7) is 4.74. The van der Waals surface area contributed by atoms with E-state index >= 15 is 0 Å². The average Bonchev–Trinajstić information content (AvgIpc) is 3.57. The number of hydrogen-bond acceptors (Lipinski definition) is 0. The van der Waals surface area contributed by atoms with E-state index < -0.39 is 0 Å². The lowest BCUT2D eigenvalue weighted by Gasteiger charge is -2.30. The molecule has 3 aliphatic rings. The second-order valence-electron chi connectivity index (χ2n) is 12.5. The standard InChI is InChI=1S/C41H30/c1-40(2)33-17-7-3-13-28(33)31-23-22-26(25-38(31)40)24-27-12-11-21-37-39(27)32-16-6-10-20-36(32)41(37)34-18-8-4-14-29(34)30-15-5-9-19-35(30)41/h3-23,25H,24H2,1-2H3. The zero-order valence-corrected chi connectivity index (χ0v) is 23.4. The van der Waals surface area contributed by atoms with Crippen molar-refractivity contribution in [1.82, 2.24) is 0 Å². The molecule has 0 aliphatic heterocycles. The zero-order valence-electron chi connectivity index (χ0n) is 23.4. The first kappa shape index (κ1) is 23.1. The Bertz CT molecular complexity index is 2010. The largest absolute Gasteiger partial charge is 0.0725 e. The summed E-state index contributed by atoms with van der Waals surface area (Å²) < 4.78 is 0. The average molecular weight is 523 g/mol. The Labute approximate surface area is 242 Å². The Morgan fingerprint density at radius 3 is 1.56 bits per heavy atom. The molecule has 41 heavy (non-hydrogen) atoms. The van der Waals surface area contributed by atoms with Gasteiger partial charge < -0.3 is 0 Å². The molecule has 194 valence electrons. The maximum atomic E-state index is 2.48. The maximum Gasteiger partial charge on any atom is 0.0725 e. The third-order valence-electron chi connectivity index (χ3n) is 10.1. The summed E-state index contributed by atoms with van der Waals surface area (Å²) in [4.78, 5) is 0. The number of hydrogen-bond donors (Lipinski definition) is 0. The number of rotatable bonds is 2. The van der Waals surface area contributed by atoms with Crippen LogP contribution in [0, 0.1) is 0 Å². The Morgan fingerprint density at radius 2 is 0.902 bits per heavy atom. The van der Waals surface area contributed by atoms with Crippen LogP contribution < -0.4 is 0 Å². The minimum absolute atomic E-state index is 0.00843. The fraction of sp³-hybridized carbons (Fsp3) is 0.122. The first-order valence-corrected chi connectivity index (χ1v) is 14.7. The molecule has 1 spiro atoms. The Kier molecular flexibility index (Phi) is 4.48. The van der Waals surface area contributed by atoms with E-state index in [4.69, 9.17) is 0 Å². The summed E-state index contributed by atoms with van der Waals surface area (Å²) in [7, 11) is 0. The van der Waals surface area contributed by atoms with Crippen LogP contribution in [0.2, 0.25) is 0 Å². The molecule has 0 nitrogen and oxygen atoms in total. The van der Waals surface area contributed by atoms with Crippen molar-refractivity contribution in [1.29, 1.82) is 0 Å². The molecule has 6 aromatic carbocycles. The van der Waals surface area contributed by atoms with Gasteiger partial charge in [-0.15, -0.1) is 0 Å². The van der Waals surface area contributed by atoms with E-state index in [0.29, 0.717) is 0 Å². The minimum atomic E-state index is -0.281. The van der Waals surface area contributed by atoms with Gasteiger partial charge in [0.1, 0.15) is 0 Å². The lowest BCUT2D eigenvalue weighted by Crippen LogP contribution is -2.25. The van der Waals surface area contributed by atoms with Gasteiger partial charge >= 0.3 is 0 Å². The van der Waals surface area contributed by atoms with E-state index in [9.17, 15) is 0 Å². The van der Waals surface area contributed by atoms with Crippen LogP contribution in [-0.4, -0.2) is 0 Å². The Morgan fingerprint density at radius 1 is 0.415 bits per heavy atom. The molecular weight excluding hydrogens is 492 g/mol. The van der Waals surface area contributed by atoms with E-state index in [1.54, 1.807) is 0 Å². The predicted octanol–water partition coefficient (Wildman–Crippen LogP) is 9.93. The normalized spacial score (nSPS) is 15.6. The van der Waals surface area contributed by atoms with Crippen molar-refractivity contribution in [2.45, 2.75) is 31.1 Å². The molecule has 0 atom stereocenters. The minimum Gasteiger partial charge on any atom is -0.0619 e. The van der Waals surface area contributed by atoms with Crippen LogP contribution in [0.3, 0.4) is 0 Å². The van der Waals surface area contributed by atoms with Crippen LogP contribution >= 0.6 is 0 Å². The second-order valence-corrected chi connectivity index (χ2v) is 12.5. The van der Waals surface area contributed by atoms with Crippen molar-refractivity contribution in [3.63, 3.8) is 0 Å². The van der Waals surface area contributed by atoms with Crippen LogP contribution in [0.4, 0.5) is 0 Å². The van der Waals surface area contributed by atoms with Gasteiger partial charge in [0.05, 0.1) is 5.41 Å². The summed E-state index contributed by atoms with van der Waals surface area (Å²) in [6.07, 6.45) is 0.913. The molecule has 0 N–H and O–H groups in total. The molecule has 9 rings (SSSR count). The molecule has 3 aliphatic carbocycles. The highest BCUT2D eigenvalue weighted by Gasteiger charge is 2.51. The van der Waals surface area contributed by atoms with Crippen molar-refractivity contribution >= 4 is 0 Å². The molecule has 0 heterocycles. The van der Waals surface area contributed by atoms with E-state index in [0.717, 1.165) is 6.42 Å². The molecule has 0 amide bonds. The van der Waals surface area contributed by atoms with Gasteiger partial charge in [0.25, 0.3) is 0 Å². The van der Waals surface area contributed by atoms with Crippen LogP contribution in [0.15, 0.2) is 133 Å². The van der Waals surface area contributed by atoms with Crippen molar-refractivity contribution < 1.29 is 0 Å². The predicted molar refractivity (Wildman–Crippen MR) is 170 cm³/mol. The summed E-state index contributed by atoms with van der Waals surface area (Å²) in [5.41, 5.74) is 19.3. The Balaban J connectivity index is 1.25. The third-order valence-corrected chi connectivity index (χ3v) is 10.1. The molecular formula is C41H30. The first-order valence-electron chi connectivity index (χ1n) is 14.7. The van der Waals surface area contributed by atoms with Gasteiger partial charge in [0, 0.05) is 5.41 Å². The van der Waals surface area contributed by atoms with Gasteiger partial charge in [-0.2, -0.15) is 0 Å². The first-order chi connectivity index (χ1) is 20.1. The van der Waals surface area contributed by atoms with Gasteiger partial charge in [-0.05, 0) is 84.3 Å². The van der Waals surface area contributed by atoms with Crippen LogP contribution in [-0.2, 0) is 17.3 Å². The zero-order chi connectivity index (χ0) is 27.3. The fourth-order valence-corrected chi connectivity index (χ4v) is 8.45. The summed E-state index contributed by atoms with van der Waals surface area (Å²) in [5, 5.41) is 0. The number of benzene rings is 6. The summed E-state index contributed by atoms with van der Waals surface area (Å²) in [5.74, 6) is 0. The molecule has 0 radical (unpaired) electrons. The SMILES string of the molecule is CC1(C)c2ccccc2-c2ccc(Cc3cccc4c3-c3ccccc3C43c4ccccc4-c4ccccc43)cc21. The number of fused-ring (bicyclic) bond motifs is 13. The van der Waals surface area contributed by atoms with E-state index in [-0.39, 0.29) is 10.8 Å². The topological polar surface area (TPSA) is 0 Å². The van der Waals surface area contributed by atoms with Gasteiger partial charge in [-0.25, -0.2) is 0 Å². The molecule has 6 aromatic rings. The van der Waals surface area contributed by atoms with Crippen molar-refractivity contribution in [2.24, 2.45) is 0 Å². The molecule has 0 aromatic heterocycles. The van der Waals surface area contributed by atoms with E-state index in [1.807, 2.05) is 0 Å². The van der Waals surface area contributed by atoms with Gasteiger partial charge in [0.2, 0.25) is 0 Å². The van der Waals surface area contributed by atoms with Crippen molar-refractivity contribution in [2.75, 3.05) is 0 Å². The maximum absolute atomic E-state index is 2.48. The molecule has 0 unspecified atom stereocenters. The smallest absolute Gasteiger partial charge is 0.0619 e. The highest BCUT2D eigenvalue weighted by Crippen LogP contribution is 2.63. The monoisotopic (exact) mass is 522 g/mol. The molecule has 0 bridgehead atoms. The molecule has 0 fully saturated rings. The van der Waals surface area contributed by atoms with Crippen LogP contribution in [0.1, 0.15) is 58.4 Å². The lowest BCUT2D eigenvalue weighted by atomic mass is 9.70. The van der Waals surface area contributed by atoms with Gasteiger partial charge in [-0.1, -0.05) is 147 Å². The lowest BCUT2D eigenvalue weighted by molar-refractivity contribution is 0.659. The Hall–Kier alpha value is -4.68. The van der Waals surface area contributed by atoms with Gasteiger partial charge in [-0.3, -0.25) is 0 Å². The molecule has 0 saturated heterocycles. The van der Waals surface area contributed by atoms with Crippen molar-refractivity contribution in [3.05, 3.63) is 178 Å². The van der Waals surface area contributed by atoms with Crippen LogP contribution in [0.25, 0.3) is 33.4 Å². The van der Waals surface area contributed by atoms with Gasteiger partial charge in [0.15, 0.2) is 0 Å². The summed E-state index contributed by atoms with van der Waals surface area (Å²) in [6, 6.07) is 50.4. The molecule has 0 heteroatoms. The van der Waals surface area contributed by atoms with E-state index in [1.165, 1.54) is 77.9 Å².